The van der Waals surface area contributed by atoms with Crippen molar-refractivity contribution < 1.29 is 9.90 Å². The Kier molecular flexibility index (Phi) is 7.61. The highest BCUT2D eigenvalue weighted by atomic mass is 16.4. The maximum absolute atomic E-state index is 10.5. The zero-order valence-electron chi connectivity index (χ0n) is 10.8. The van der Waals surface area contributed by atoms with Crippen LogP contribution in [0.2, 0.25) is 0 Å². The smallest absolute Gasteiger partial charge is 0.330 e. The van der Waals surface area contributed by atoms with Gasteiger partial charge in [0, 0.05) is 5.57 Å². The molecule has 92 valence electrons. The number of hydrogen-bond acceptors (Lipinski definition) is 1. The Morgan fingerprint density at radius 2 is 2.00 bits per heavy atom. The van der Waals surface area contributed by atoms with Gasteiger partial charge >= 0.3 is 5.97 Å². The molecule has 0 rings (SSSR count). The van der Waals surface area contributed by atoms with Crippen molar-refractivity contribution in [3.63, 3.8) is 0 Å². The lowest BCUT2D eigenvalue weighted by Gasteiger charge is -2.09. The Bertz CT molecular complexity index is 260. The first-order valence-electron chi connectivity index (χ1n) is 5.98. The summed E-state index contributed by atoms with van der Waals surface area (Å²) in [6.45, 7) is 9.98. The number of hydrogen-bond donors (Lipinski definition) is 1. The molecular weight excluding hydrogens is 200 g/mol. The summed E-state index contributed by atoms with van der Waals surface area (Å²) in [5.41, 5.74) is 1.70. The monoisotopic (exact) mass is 224 g/mol. The molecule has 0 heterocycles. The van der Waals surface area contributed by atoms with E-state index >= 15 is 0 Å². The minimum absolute atomic E-state index is 0.330. The van der Waals surface area contributed by atoms with Gasteiger partial charge in [0.25, 0.3) is 0 Å². The molecule has 2 nitrogen and oxygen atoms in total. The van der Waals surface area contributed by atoms with Gasteiger partial charge in [0.2, 0.25) is 0 Å². The third-order valence-corrected chi connectivity index (χ3v) is 2.69. The molecule has 1 atom stereocenters. The second-order valence-electron chi connectivity index (χ2n) is 4.76. The third kappa shape index (κ3) is 8.27. The van der Waals surface area contributed by atoms with Gasteiger partial charge in [-0.3, -0.25) is 0 Å². The molecule has 0 aromatic heterocycles. The van der Waals surface area contributed by atoms with E-state index in [2.05, 4.69) is 33.4 Å². The second kappa shape index (κ2) is 8.14. The summed E-state index contributed by atoms with van der Waals surface area (Å²) in [7, 11) is 0. The maximum atomic E-state index is 10.5. The standard InChI is InChI=1S/C14H24O2/c1-11(2)7-5-8-12(3)9-6-10-13(4)14(15)16/h7,12H,4-6,8-10H2,1-3H3,(H,15,16)/t12-/m0/s1. The van der Waals surface area contributed by atoms with E-state index in [-0.39, 0.29) is 0 Å². The van der Waals surface area contributed by atoms with Gasteiger partial charge in [-0.1, -0.05) is 31.6 Å². The van der Waals surface area contributed by atoms with Crippen molar-refractivity contribution in [2.75, 3.05) is 0 Å². The molecule has 1 N–H and O–H groups in total. The van der Waals surface area contributed by atoms with Crippen LogP contribution in [0.4, 0.5) is 0 Å². The minimum Gasteiger partial charge on any atom is -0.478 e. The first-order chi connectivity index (χ1) is 7.43. The molecule has 0 saturated carbocycles. The Hall–Kier alpha value is -1.05. The lowest BCUT2D eigenvalue weighted by Crippen LogP contribution is -2.00. The predicted molar refractivity (Wildman–Crippen MR) is 68.5 cm³/mol. The van der Waals surface area contributed by atoms with Gasteiger partial charge in [0.1, 0.15) is 0 Å². The van der Waals surface area contributed by atoms with Crippen LogP contribution in [0, 0.1) is 5.92 Å². The van der Waals surface area contributed by atoms with Crippen LogP contribution in [0.25, 0.3) is 0 Å². The first kappa shape index (κ1) is 14.9. The summed E-state index contributed by atoms with van der Waals surface area (Å²) in [6.07, 6.45) is 7.20. The summed E-state index contributed by atoms with van der Waals surface area (Å²) in [6, 6.07) is 0. The van der Waals surface area contributed by atoms with E-state index < -0.39 is 5.97 Å². The van der Waals surface area contributed by atoms with Crippen LogP contribution < -0.4 is 0 Å². The van der Waals surface area contributed by atoms with E-state index in [0.29, 0.717) is 17.9 Å². The molecule has 0 unspecified atom stereocenters. The van der Waals surface area contributed by atoms with Crippen molar-refractivity contribution in [2.45, 2.75) is 52.9 Å². The van der Waals surface area contributed by atoms with Crippen molar-refractivity contribution in [3.05, 3.63) is 23.8 Å². The van der Waals surface area contributed by atoms with E-state index in [9.17, 15) is 4.79 Å². The van der Waals surface area contributed by atoms with E-state index in [4.69, 9.17) is 5.11 Å². The molecule has 0 aromatic carbocycles. The molecule has 0 amide bonds. The van der Waals surface area contributed by atoms with Crippen molar-refractivity contribution in [1.29, 1.82) is 0 Å². The van der Waals surface area contributed by atoms with Crippen molar-refractivity contribution >= 4 is 5.97 Å². The third-order valence-electron chi connectivity index (χ3n) is 2.69. The van der Waals surface area contributed by atoms with Gasteiger partial charge in [-0.25, -0.2) is 4.79 Å². The molecule has 0 aliphatic rings. The van der Waals surface area contributed by atoms with E-state index in [1.54, 1.807) is 0 Å². The lowest BCUT2D eigenvalue weighted by atomic mass is 9.97. The van der Waals surface area contributed by atoms with Gasteiger partial charge in [0.05, 0.1) is 0 Å². The molecule has 0 aliphatic heterocycles. The molecule has 0 aliphatic carbocycles. The van der Waals surface area contributed by atoms with Crippen LogP contribution >= 0.6 is 0 Å². The highest BCUT2D eigenvalue weighted by molar-refractivity contribution is 5.85. The molecule has 0 fully saturated rings. The largest absolute Gasteiger partial charge is 0.478 e. The minimum atomic E-state index is -0.864. The topological polar surface area (TPSA) is 37.3 Å². The van der Waals surface area contributed by atoms with E-state index in [1.807, 2.05) is 0 Å². The van der Waals surface area contributed by atoms with Gasteiger partial charge in [-0.15, -0.1) is 0 Å². The average Bonchev–Trinajstić information content (AvgIpc) is 2.16. The number of carbonyl (C=O) groups is 1. The number of allylic oxidation sites excluding steroid dienone is 2. The average molecular weight is 224 g/mol. The highest BCUT2D eigenvalue weighted by Crippen LogP contribution is 2.16. The Balaban J connectivity index is 3.58. The van der Waals surface area contributed by atoms with Gasteiger partial charge < -0.3 is 5.11 Å². The van der Waals surface area contributed by atoms with E-state index in [1.165, 1.54) is 12.0 Å². The highest BCUT2D eigenvalue weighted by Gasteiger charge is 2.05. The zero-order valence-corrected chi connectivity index (χ0v) is 10.8. The summed E-state index contributed by atoms with van der Waals surface area (Å²) in [5.74, 6) is -0.200. The fourth-order valence-electron chi connectivity index (χ4n) is 1.57. The molecule has 0 saturated heterocycles. The molecule has 16 heavy (non-hydrogen) atoms. The molecule has 2 heteroatoms. The van der Waals surface area contributed by atoms with Crippen LogP contribution in [-0.4, -0.2) is 11.1 Å². The molecular formula is C14H24O2. The van der Waals surface area contributed by atoms with Crippen LogP contribution in [0.3, 0.4) is 0 Å². The summed E-state index contributed by atoms with van der Waals surface area (Å²) >= 11 is 0. The fraction of sp³-hybridized carbons (Fsp3) is 0.643. The van der Waals surface area contributed by atoms with Crippen molar-refractivity contribution in [1.82, 2.24) is 0 Å². The molecule has 0 bridgehead atoms. The first-order valence-corrected chi connectivity index (χ1v) is 5.98. The Morgan fingerprint density at radius 3 is 2.50 bits per heavy atom. The predicted octanol–water partition coefficient (Wildman–Crippen LogP) is 4.18. The molecule has 0 aromatic rings. The number of rotatable bonds is 8. The number of aliphatic carboxylic acids is 1. The molecule has 0 spiro atoms. The number of carboxylic acids is 1. The Morgan fingerprint density at radius 1 is 1.38 bits per heavy atom. The van der Waals surface area contributed by atoms with Crippen LogP contribution in [0.15, 0.2) is 23.8 Å². The summed E-state index contributed by atoms with van der Waals surface area (Å²) < 4.78 is 0. The van der Waals surface area contributed by atoms with E-state index in [0.717, 1.165) is 19.3 Å². The van der Waals surface area contributed by atoms with Crippen molar-refractivity contribution in [2.24, 2.45) is 5.92 Å². The zero-order chi connectivity index (χ0) is 12.6. The van der Waals surface area contributed by atoms with Gasteiger partial charge in [-0.2, -0.15) is 0 Å². The summed E-state index contributed by atoms with van der Waals surface area (Å²) in [5, 5.41) is 8.64. The SMILES string of the molecule is C=C(CCC[C@@H](C)CCC=C(C)C)C(=O)O. The summed E-state index contributed by atoms with van der Waals surface area (Å²) in [4.78, 5) is 10.5. The normalized spacial score (nSPS) is 11.9. The van der Waals surface area contributed by atoms with Gasteiger partial charge in [0.15, 0.2) is 0 Å². The fourth-order valence-corrected chi connectivity index (χ4v) is 1.57. The second-order valence-corrected chi connectivity index (χ2v) is 4.76. The molecule has 0 radical (unpaired) electrons. The Labute approximate surface area is 99.1 Å². The van der Waals surface area contributed by atoms with Crippen LogP contribution in [0.5, 0.6) is 0 Å². The van der Waals surface area contributed by atoms with Crippen LogP contribution in [-0.2, 0) is 4.79 Å². The van der Waals surface area contributed by atoms with Crippen LogP contribution in [0.1, 0.15) is 52.9 Å². The quantitative estimate of drug-likeness (QED) is 0.496. The lowest BCUT2D eigenvalue weighted by molar-refractivity contribution is -0.132. The maximum Gasteiger partial charge on any atom is 0.330 e. The van der Waals surface area contributed by atoms with Crippen molar-refractivity contribution in [3.8, 4) is 0 Å². The number of carboxylic acid groups (broad SMARTS) is 1. The van der Waals surface area contributed by atoms with Gasteiger partial charge in [-0.05, 0) is 45.4 Å².